The maximum Gasteiger partial charge on any atom is 0.233 e. The summed E-state index contributed by atoms with van der Waals surface area (Å²) in [5.74, 6) is -0.340. The minimum Gasteiger partial charge on any atom is -0.491 e. The molecule has 1 amide bonds. The van der Waals surface area contributed by atoms with E-state index in [9.17, 15) is 9.18 Å². The second-order valence-electron chi connectivity index (χ2n) is 3.50. The van der Waals surface area contributed by atoms with Crippen LogP contribution in [0.4, 0.5) is 4.39 Å². The van der Waals surface area contributed by atoms with Crippen LogP contribution in [0.3, 0.4) is 0 Å². The van der Waals surface area contributed by atoms with Gasteiger partial charge in [-0.1, -0.05) is 6.07 Å². The topological polar surface area (TPSA) is 64.3 Å². The molecule has 0 aliphatic carbocycles. The fourth-order valence-corrected chi connectivity index (χ4v) is 1.39. The third-order valence-corrected chi connectivity index (χ3v) is 2.22. The molecular formula is C12H17FN2O2. The van der Waals surface area contributed by atoms with E-state index < -0.39 is 0 Å². The minimum atomic E-state index is -0.380. The van der Waals surface area contributed by atoms with Gasteiger partial charge in [-0.2, -0.15) is 0 Å². The van der Waals surface area contributed by atoms with Gasteiger partial charge >= 0.3 is 0 Å². The van der Waals surface area contributed by atoms with E-state index in [1.807, 2.05) is 0 Å². The van der Waals surface area contributed by atoms with E-state index in [1.165, 1.54) is 6.07 Å². The van der Waals surface area contributed by atoms with Gasteiger partial charge < -0.3 is 15.8 Å². The van der Waals surface area contributed by atoms with Gasteiger partial charge in [0.15, 0.2) is 11.6 Å². The summed E-state index contributed by atoms with van der Waals surface area (Å²) in [5, 5.41) is 2.62. The number of carbonyl (C=O) groups is 1. The first-order valence-electron chi connectivity index (χ1n) is 5.55. The summed E-state index contributed by atoms with van der Waals surface area (Å²) in [6.45, 7) is 2.65. The Morgan fingerprint density at radius 2 is 2.29 bits per heavy atom. The van der Waals surface area contributed by atoms with Crippen molar-refractivity contribution in [2.75, 3.05) is 19.7 Å². The van der Waals surface area contributed by atoms with E-state index in [1.54, 1.807) is 19.1 Å². The lowest BCUT2D eigenvalue weighted by Crippen LogP contribution is -2.31. The molecule has 0 fully saturated rings. The molecule has 1 aromatic rings. The number of rotatable bonds is 6. The lowest BCUT2D eigenvalue weighted by molar-refractivity contribution is -0.119. The Bertz CT molecular complexity index is 383. The number of nitrogens with two attached hydrogens (primary N) is 1. The summed E-state index contributed by atoms with van der Waals surface area (Å²) in [4.78, 5) is 10.9. The Morgan fingerprint density at radius 3 is 2.88 bits per heavy atom. The molecule has 4 nitrogen and oxygen atoms in total. The highest BCUT2D eigenvalue weighted by atomic mass is 19.1. The van der Waals surface area contributed by atoms with E-state index in [0.717, 1.165) is 5.56 Å². The molecule has 0 saturated carbocycles. The van der Waals surface area contributed by atoms with Gasteiger partial charge in [0.1, 0.15) is 0 Å². The lowest BCUT2D eigenvalue weighted by atomic mass is 10.1. The first-order chi connectivity index (χ1) is 8.17. The molecule has 1 aromatic carbocycles. The van der Waals surface area contributed by atoms with Crippen molar-refractivity contribution >= 4 is 5.91 Å². The summed E-state index contributed by atoms with van der Waals surface area (Å²) in [6, 6.07) is 4.79. The molecule has 0 aromatic heterocycles. The molecule has 0 saturated heterocycles. The van der Waals surface area contributed by atoms with Gasteiger partial charge in [0.2, 0.25) is 5.91 Å². The van der Waals surface area contributed by atoms with Crippen LogP contribution in [0.2, 0.25) is 0 Å². The smallest absolute Gasteiger partial charge is 0.233 e. The number of halogens is 1. The standard InChI is InChI=1S/C12H17FN2O2/c1-2-17-11-4-3-9(7-10(11)13)5-6-15-12(16)8-14/h3-4,7H,2,5-6,8,14H2,1H3,(H,15,16). The van der Waals surface area contributed by atoms with Crippen LogP contribution in [0.5, 0.6) is 5.75 Å². The van der Waals surface area contributed by atoms with Gasteiger partial charge in [0.25, 0.3) is 0 Å². The summed E-state index contributed by atoms with van der Waals surface area (Å²) in [7, 11) is 0. The maximum absolute atomic E-state index is 13.5. The highest BCUT2D eigenvalue weighted by Crippen LogP contribution is 2.18. The third kappa shape index (κ3) is 4.40. The fourth-order valence-electron chi connectivity index (χ4n) is 1.39. The van der Waals surface area contributed by atoms with Crippen LogP contribution in [-0.2, 0) is 11.2 Å². The Hall–Kier alpha value is -1.62. The molecule has 0 unspecified atom stereocenters. The Labute approximate surface area is 100.0 Å². The highest BCUT2D eigenvalue weighted by molar-refractivity contribution is 5.77. The molecule has 0 radical (unpaired) electrons. The zero-order valence-corrected chi connectivity index (χ0v) is 9.83. The van der Waals surface area contributed by atoms with Crippen molar-refractivity contribution in [3.8, 4) is 5.75 Å². The average Bonchev–Trinajstić information content (AvgIpc) is 2.32. The molecule has 0 spiro atoms. The van der Waals surface area contributed by atoms with Crippen molar-refractivity contribution in [2.45, 2.75) is 13.3 Å². The van der Waals surface area contributed by atoms with E-state index in [4.69, 9.17) is 10.5 Å². The van der Waals surface area contributed by atoms with Crippen LogP contribution in [0.25, 0.3) is 0 Å². The first-order valence-corrected chi connectivity index (χ1v) is 5.55. The van der Waals surface area contributed by atoms with Gasteiger partial charge in [-0.15, -0.1) is 0 Å². The number of hydrogen-bond acceptors (Lipinski definition) is 3. The normalized spacial score (nSPS) is 10.1. The van der Waals surface area contributed by atoms with Crippen molar-refractivity contribution < 1.29 is 13.9 Å². The predicted octanol–water partition coefficient (Wildman–Crippen LogP) is 0.842. The van der Waals surface area contributed by atoms with Gasteiger partial charge in [-0.05, 0) is 31.0 Å². The summed E-state index contributed by atoms with van der Waals surface area (Å²) < 4.78 is 18.5. The largest absolute Gasteiger partial charge is 0.491 e. The number of carbonyl (C=O) groups excluding carboxylic acids is 1. The van der Waals surface area contributed by atoms with Crippen LogP contribution in [0, 0.1) is 5.82 Å². The molecule has 0 heterocycles. The molecule has 3 N–H and O–H groups in total. The zero-order valence-electron chi connectivity index (χ0n) is 9.83. The monoisotopic (exact) mass is 240 g/mol. The van der Waals surface area contributed by atoms with Crippen LogP contribution in [0.1, 0.15) is 12.5 Å². The van der Waals surface area contributed by atoms with E-state index in [2.05, 4.69) is 5.32 Å². The van der Waals surface area contributed by atoms with Crippen LogP contribution < -0.4 is 15.8 Å². The first kappa shape index (κ1) is 13.4. The van der Waals surface area contributed by atoms with E-state index in [-0.39, 0.29) is 24.0 Å². The average molecular weight is 240 g/mol. The Kier molecular flexibility index (Phi) is 5.42. The molecule has 94 valence electrons. The van der Waals surface area contributed by atoms with Gasteiger partial charge in [-0.3, -0.25) is 4.79 Å². The number of hydrogen-bond donors (Lipinski definition) is 2. The molecule has 17 heavy (non-hydrogen) atoms. The minimum absolute atomic E-state index is 0.0301. The van der Waals surface area contributed by atoms with Crippen molar-refractivity contribution in [3.63, 3.8) is 0 Å². The Balaban J connectivity index is 2.50. The quantitative estimate of drug-likeness (QED) is 0.774. The predicted molar refractivity (Wildman–Crippen MR) is 63.3 cm³/mol. The molecule has 0 aliphatic heterocycles. The molecule has 0 bridgehead atoms. The summed E-state index contributed by atoms with van der Waals surface area (Å²) >= 11 is 0. The molecule has 0 atom stereocenters. The van der Waals surface area contributed by atoms with Gasteiger partial charge in [0.05, 0.1) is 13.2 Å². The second-order valence-corrected chi connectivity index (χ2v) is 3.50. The zero-order chi connectivity index (χ0) is 12.7. The SMILES string of the molecule is CCOc1ccc(CCNC(=O)CN)cc1F. The fraction of sp³-hybridized carbons (Fsp3) is 0.417. The maximum atomic E-state index is 13.5. The van der Waals surface area contributed by atoms with Crippen LogP contribution in [0.15, 0.2) is 18.2 Å². The van der Waals surface area contributed by atoms with Crippen molar-refractivity contribution in [1.29, 1.82) is 0 Å². The van der Waals surface area contributed by atoms with E-state index >= 15 is 0 Å². The number of ether oxygens (including phenoxy) is 1. The lowest BCUT2D eigenvalue weighted by Gasteiger charge is -2.07. The third-order valence-electron chi connectivity index (χ3n) is 2.22. The second kappa shape index (κ2) is 6.85. The molecular weight excluding hydrogens is 223 g/mol. The van der Waals surface area contributed by atoms with Crippen LogP contribution >= 0.6 is 0 Å². The van der Waals surface area contributed by atoms with Gasteiger partial charge in [0, 0.05) is 6.54 Å². The van der Waals surface area contributed by atoms with Crippen molar-refractivity contribution in [2.24, 2.45) is 5.73 Å². The van der Waals surface area contributed by atoms with Crippen molar-refractivity contribution in [1.82, 2.24) is 5.32 Å². The molecule has 5 heteroatoms. The number of amides is 1. The molecule has 1 rings (SSSR count). The van der Waals surface area contributed by atoms with E-state index in [0.29, 0.717) is 19.6 Å². The summed E-state index contributed by atoms with van der Waals surface area (Å²) in [5.41, 5.74) is 5.95. The Morgan fingerprint density at radius 1 is 1.53 bits per heavy atom. The molecule has 0 aliphatic rings. The number of benzene rings is 1. The van der Waals surface area contributed by atoms with Gasteiger partial charge in [-0.25, -0.2) is 4.39 Å². The highest BCUT2D eigenvalue weighted by Gasteiger charge is 2.04. The van der Waals surface area contributed by atoms with Crippen LogP contribution in [-0.4, -0.2) is 25.6 Å². The number of nitrogens with one attached hydrogen (secondary N) is 1. The summed E-state index contributed by atoms with van der Waals surface area (Å²) in [6.07, 6.45) is 0.565. The van der Waals surface area contributed by atoms with Crippen molar-refractivity contribution in [3.05, 3.63) is 29.6 Å².